The van der Waals surface area contributed by atoms with Gasteiger partial charge in [-0.3, -0.25) is 47.9 Å². The normalized spacial score (nSPS) is 20.0. The van der Waals surface area contributed by atoms with Gasteiger partial charge >= 0.3 is 0 Å². The largest absolute Gasteiger partial charge is 0.493 e. The van der Waals surface area contributed by atoms with Gasteiger partial charge < -0.3 is 34.4 Å². The van der Waals surface area contributed by atoms with Gasteiger partial charge in [0.25, 0.3) is 23.6 Å². The van der Waals surface area contributed by atoms with Crippen molar-refractivity contribution < 1.29 is 28.7 Å². The van der Waals surface area contributed by atoms with Crippen LogP contribution in [-0.4, -0.2) is 164 Å². The highest BCUT2D eigenvalue weighted by atomic mass is 16.5. The summed E-state index contributed by atoms with van der Waals surface area (Å²) in [7, 11) is 0. The molecule has 121 heavy (non-hydrogen) atoms. The van der Waals surface area contributed by atoms with Gasteiger partial charge in [-0.1, -0.05) is 64.1 Å². The zero-order valence-electron chi connectivity index (χ0n) is 73.7. The van der Waals surface area contributed by atoms with E-state index in [0.717, 1.165) is 258 Å². The quantitative estimate of drug-likeness (QED) is 0.0509. The smallest absolute Gasteiger partial charge is 0.276 e. The molecule has 4 saturated heterocycles. The fraction of sp³-hybridized carbons (Fsp3) is 0.620. The van der Waals surface area contributed by atoms with Crippen molar-refractivity contribution in [1.29, 1.82) is 0 Å². The number of rotatable bonds is 27. The van der Waals surface area contributed by atoms with Crippen LogP contribution in [0.3, 0.4) is 0 Å². The predicted octanol–water partition coefficient (Wildman–Crippen LogP) is 17.8. The average molecular weight is 1650 g/mol. The number of hydrogen-bond acceptors (Lipinski definition) is 13. The Morgan fingerprint density at radius 2 is 0.868 bits per heavy atom. The van der Waals surface area contributed by atoms with Gasteiger partial charge in [0, 0.05) is 161 Å². The maximum atomic E-state index is 13.6. The molecular weight excluding hydrogens is 1510 g/mol. The Morgan fingerprint density at radius 1 is 0.413 bits per heavy atom. The summed E-state index contributed by atoms with van der Waals surface area (Å²) in [5.74, 6) is 4.77. The molecule has 650 valence electrons. The lowest BCUT2D eigenvalue weighted by atomic mass is 9.79. The van der Waals surface area contributed by atoms with Crippen LogP contribution in [0.25, 0.3) is 0 Å². The molecule has 12 heterocycles. The molecule has 8 aromatic rings. The molecule has 0 bridgehead atoms. The molecule has 1 N–H and O–H groups in total. The van der Waals surface area contributed by atoms with Crippen molar-refractivity contribution in [3.8, 4) is 5.75 Å². The van der Waals surface area contributed by atoms with E-state index in [4.69, 9.17) is 29.9 Å². The van der Waals surface area contributed by atoms with E-state index in [1.54, 1.807) is 0 Å². The van der Waals surface area contributed by atoms with Crippen molar-refractivity contribution in [3.05, 3.63) is 187 Å². The number of likely N-dealkylation sites (tertiary alicyclic amines) is 3. The Morgan fingerprint density at radius 3 is 1.36 bits per heavy atom. The topological polar surface area (TPSA) is 209 Å². The Bertz CT molecular complexity index is 4670. The van der Waals surface area contributed by atoms with Gasteiger partial charge in [0.05, 0.1) is 6.61 Å². The summed E-state index contributed by atoms with van der Waals surface area (Å²) in [6.07, 6.45) is 49.7. The van der Waals surface area contributed by atoms with Crippen LogP contribution >= 0.6 is 0 Å². The number of amides is 4. The summed E-state index contributed by atoms with van der Waals surface area (Å²) in [5.41, 5.74) is 20.3. The summed E-state index contributed by atoms with van der Waals surface area (Å²) in [5, 5.41) is 22.5. The third-order valence-electron chi connectivity index (χ3n) is 27.9. The molecule has 0 saturated carbocycles. The molecule has 4 unspecified atom stereocenters. The SMILES string of the molecule is CCCn1nc(C(=O)N2CCCCC2)c2c1CCC(CC1CCOCC1)C2.CCCn1nc(C(=O)N2CCCCC2)c2c1CCC(CCCN1CCCC1)C2.CCCn1nc(C(=O)N2CCc3ccccc3C2)c2c1CCC(CCCc1cccnc1)C2.CCCn1nc(C(=O)Nc2ccc3c(c2)CCO3)c2c1CCC(CCCc1cccnc1)C2. The molecule has 4 fully saturated rings. The number of pyridine rings is 2. The van der Waals surface area contributed by atoms with E-state index in [0.29, 0.717) is 36.6 Å². The number of nitrogens with one attached hydrogen (secondary N) is 1. The zero-order chi connectivity index (χ0) is 83.2. The molecule has 4 amide bonds. The van der Waals surface area contributed by atoms with E-state index in [-0.39, 0.29) is 23.6 Å². The highest BCUT2D eigenvalue weighted by Gasteiger charge is 2.38. The average Bonchev–Trinajstić information content (AvgIpc) is 1.65. The number of aryl methyl sites for hydroxylation is 6. The van der Waals surface area contributed by atoms with Gasteiger partial charge in [-0.25, -0.2) is 0 Å². The lowest BCUT2D eigenvalue weighted by Gasteiger charge is -2.30. The van der Waals surface area contributed by atoms with Gasteiger partial charge in [0.15, 0.2) is 22.8 Å². The van der Waals surface area contributed by atoms with Crippen LogP contribution in [0.5, 0.6) is 5.75 Å². The van der Waals surface area contributed by atoms with Gasteiger partial charge in [-0.2, -0.15) is 20.4 Å². The highest BCUT2D eigenvalue weighted by molar-refractivity contribution is 6.04. The molecular formula is C100H139N15O6. The van der Waals surface area contributed by atoms with E-state index >= 15 is 0 Å². The van der Waals surface area contributed by atoms with Crippen LogP contribution in [0.4, 0.5) is 5.69 Å². The Balaban J connectivity index is 0.000000126. The first kappa shape index (κ1) is 87.1. The minimum Gasteiger partial charge on any atom is -0.493 e. The van der Waals surface area contributed by atoms with Crippen molar-refractivity contribution in [2.45, 2.75) is 298 Å². The summed E-state index contributed by atoms with van der Waals surface area (Å²) in [6.45, 7) is 23.9. The second-order valence-electron chi connectivity index (χ2n) is 36.7. The molecule has 2 aromatic carbocycles. The second kappa shape index (κ2) is 43.5. The number of nitrogens with zero attached hydrogens (tertiary/aromatic N) is 14. The first-order valence-corrected chi connectivity index (χ1v) is 47.9. The molecule has 4 atom stereocenters. The van der Waals surface area contributed by atoms with Crippen LogP contribution in [0.15, 0.2) is 91.5 Å². The fourth-order valence-electron chi connectivity index (χ4n) is 21.4. The predicted molar refractivity (Wildman–Crippen MR) is 478 cm³/mol. The molecule has 6 aromatic heterocycles. The van der Waals surface area contributed by atoms with E-state index in [1.807, 2.05) is 64.9 Å². The van der Waals surface area contributed by atoms with E-state index in [2.05, 4.69) is 108 Å². The third-order valence-corrected chi connectivity index (χ3v) is 27.9. The lowest BCUT2D eigenvalue weighted by Crippen LogP contribution is -2.36. The summed E-state index contributed by atoms with van der Waals surface area (Å²) >= 11 is 0. The number of benzene rings is 2. The summed E-state index contributed by atoms with van der Waals surface area (Å²) in [6, 6.07) is 22.7. The number of carbonyl (C=O) groups excluding carboxylic acids is 4. The molecule has 10 aliphatic rings. The Kier molecular flexibility index (Phi) is 31.3. The number of fused-ring (bicyclic) bond motifs is 6. The fourth-order valence-corrected chi connectivity index (χ4v) is 21.4. The first-order chi connectivity index (χ1) is 59.4. The second-order valence-corrected chi connectivity index (χ2v) is 36.7. The van der Waals surface area contributed by atoms with E-state index < -0.39 is 0 Å². The van der Waals surface area contributed by atoms with Crippen molar-refractivity contribution >= 4 is 29.3 Å². The number of piperidine rings is 2. The third kappa shape index (κ3) is 22.4. The molecule has 0 radical (unpaired) electrons. The van der Waals surface area contributed by atoms with Crippen LogP contribution in [0.2, 0.25) is 0 Å². The number of ether oxygens (including phenoxy) is 2. The van der Waals surface area contributed by atoms with Gasteiger partial charge in [-0.05, 0) is 339 Å². The molecule has 6 aliphatic heterocycles. The maximum Gasteiger partial charge on any atom is 0.276 e. The van der Waals surface area contributed by atoms with Crippen LogP contribution in [0.1, 0.15) is 303 Å². The standard InChI is InChI=1S/C28H34N4O.C27H32N4O2.C23H38N4O.C22H35N3O2/c1-2-16-32-26-13-12-21(7-5-8-22-9-6-15-29-19-22)18-25(26)27(30-32)28(33)31-17-14-23-10-3-4-11-24(23)20-31;1-2-14-31-24-10-8-19(5-3-6-20-7-4-13-28-18-20)16-23(24)26(30-31)27(32)29-22-9-11-25-21(17-22)12-15-33-25;1-2-12-27-21-11-10-19(9-8-15-25-13-6-7-14-25)18-20(21)22(24-27)23(28)26-16-4-3-5-17-26;1-2-10-25-20-7-6-18(15-17-8-13-27-14-9-17)16-19(20)21(23-25)22(26)24-11-4-3-5-12-24/h3-4,6,9-11,15,19,21H,2,5,7-8,12-14,16-18,20H2,1H3;4,7,9,11,13,17-19H,2-3,5-6,8,10,12,14-16H2,1H3,(H,29,32);19H,2-18H2,1H3;17-18H,2-16H2,1H3. The Hall–Kier alpha value is -8.82. The lowest BCUT2D eigenvalue weighted by molar-refractivity contribution is 0.0576. The van der Waals surface area contributed by atoms with Gasteiger partial charge in [-0.15, -0.1) is 0 Å². The number of hydrogen-bond donors (Lipinski definition) is 1. The van der Waals surface area contributed by atoms with Crippen LogP contribution in [0, 0.1) is 29.6 Å². The Labute approximate surface area is 720 Å². The monoisotopic (exact) mass is 1650 g/mol. The molecule has 4 aliphatic carbocycles. The summed E-state index contributed by atoms with van der Waals surface area (Å²) < 4.78 is 19.6. The highest BCUT2D eigenvalue weighted by Crippen LogP contribution is 2.39. The number of anilines is 1. The maximum absolute atomic E-state index is 13.6. The molecule has 21 heteroatoms. The minimum absolute atomic E-state index is 0.101. The van der Waals surface area contributed by atoms with E-state index in [1.165, 1.54) is 184 Å². The van der Waals surface area contributed by atoms with Crippen molar-refractivity contribution in [2.24, 2.45) is 29.6 Å². The van der Waals surface area contributed by atoms with Crippen molar-refractivity contribution in [1.82, 2.24) is 68.7 Å². The molecule has 0 spiro atoms. The van der Waals surface area contributed by atoms with Gasteiger partial charge in [0.2, 0.25) is 0 Å². The van der Waals surface area contributed by atoms with Gasteiger partial charge in [0.1, 0.15) is 5.75 Å². The van der Waals surface area contributed by atoms with Crippen molar-refractivity contribution in [2.75, 3.05) is 77.5 Å². The van der Waals surface area contributed by atoms with E-state index in [9.17, 15) is 19.2 Å². The van der Waals surface area contributed by atoms with Crippen LogP contribution in [-0.2, 0) is 115 Å². The number of aromatic nitrogens is 10. The van der Waals surface area contributed by atoms with Crippen molar-refractivity contribution in [3.63, 3.8) is 0 Å². The van der Waals surface area contributed by atoms with Crippen LogP contribution < -0.4 is 10.1 Å². The number of carbonyl (C=O) groups is 4. The first-order valence-electron chi connectivity index (χ1n) is 47.9. The molecule has 18 rings (SSSR count). The molecule has 21 nitrogen and oxygen atoms in total. The summed E-state index contributed by atoms with van der Waals surface area (Å²) in [4.78, 5) is 70.6. The minimum atomic E-state index is -0.101. The zero-order valence-corrected chi connectivity index (χ0v) is 73.7.